The van der Waals surface area contributed by atoms with E-state index in [1.807, 2.05) is 29.2 Å². The Morgan fingerprint density at radius 3 is 2.31 bits per heavy atom. The Kier molecular flexibility index (Phi) is 10.4. The lowest BCUT2D eigenvalue weighted by Gasteiger charge is -2.47. The summed E-state index contributed by atoms with van der Waals surface area (Å²) in [4.78, 5) is 28.9. The standard InChI is InChI=1S/C29H47N3O3/c1-5-11-25(31(7-3)26-17-22-12-10-13-23(16-22)18-26)19-24(6-2)32(21(4)33)28-15-9-8-14-27(28)30-20-29(34)35/h8-9,14-15,22-26,30H,5-7,10-13,16-20H2,1-4H3,(H,34,35)/t22-,23+,24-,25-,26?/m1/s1. The van der Waals surface area contributed by atoms with Crippen LogP contribution in [0.4, 0.5) is 11.4 Å². The normalized spacial score (nSPS) is 23.5. The second-order valence-electron chi connectivity index (χ2n) is 10.7. The summed E-state index contributed by atoms with van der Waals surface area (Å²) in [5.74, 6) is 0.880. The third kappa shape index (κ3) is 7.22. The van der Waals surface area contributed by atoms with Crippen molar-refractivity contribution in [3.63, 3.8) is 0 Å². The molecule has 6 heteroatoms. The number of carbonyl (C=O) groups is 2. The van der Waals surface area contributed by atoms with Crippen molar-refractivity contribution >= 4 is 23.3 Å². The molecule has 35 heavy (non-hydrogen) atoms. The van der Waals surface area contributed by atoms with E-state index in [0.29, 0.717) is 17.8 Å². The van der Waals surface area contributed by atoms with Gasteiger partial charge in [-0.25, -0.2) is 0 Å². The number of benzene rings is 1. The average molecular weight is 486 g/mol. The third-order valence-electron chi connectivity index (χ3n) is 8.34. The first-order valence-corrected chi connectivity index (χ1v) is 14.0. The number of rotatable bonds is 13. The van der Waals surface area contributed by atoms with Gasteiger partial charge >= 0.3 is 5.97 Å². The van der Waals surface area contributed by atoms with Gasteiger partial charge in [-0.3, -0.25) is 14.5 Å². The van der Waals surface area contributed by atoms with Gasteiger partial charge in [0.15, 0.2) is 0 Å². The molecule has 196 valence electrons. The molecule has 2 fully saturated rings. The van der Waals surface area contributed by atoms with Crippen LogP contribution in [0.3, 0.4) is 0 Å². The molecule has 0 radical (unpaired) electrons. The van der Waals surface area contributed by atoms with Crippen LogP contribution in [0.15, 0.2) is 24.3 Å². The fourth-order valence-corrected chi connectivity index (χ4v) is 6.93. The van der Waals surface area contributed by atoms with Gasteiger partial charge < -0.3 is 15.3 Å². The first-order valence-electron chi connectivity index (χ1n) is 14.0. The Morgan fingerprint density at radius 2 is 1.74 bits per heavy atom. The fourth-order valence-electron chi connectivity index (χ4n) is 6.93. The van der Waals surface area contributed by atoms with Crippen molar-refractivity contribution in [2.24, 2.45) is 11.8 Å². The number of carbonyl (C=O) groups excluding carboxylic acids is 1. The number of anilines is 2. The van der Waals surface area contributed by atoms with E-state index in [1.54, 1.807) is 6.92 Å². The number of carboxylic acid groups (broad SMARTS) is 1. The molecule has 2 saturated carbocycles. The summed E-state index contributed by atoms with van der Waals surface area (Å²) in [6.07, 6.45) is 12.4. The monoisotopic (exact) mass is 485 g/mol. The number of carboxylic acids is 1. The zero-order chi connectivity index (χ0) is 25.4. The Hall–Kier alpha value is -2.08. The number of para-hydroxylation sites is 2. The molecule has 6 nitrogen and oxygen atoms in total. The average Bonchev–Trinajstić information content (AvgIpc) is 2.83. The van der Waals surface area contributed by atoms with Gasteiger partial charge in [0.1, 0.15) is 6.54 Å². The molecule has 2 aliphatic rings. The molecule has 0 heterocycles. The van der Waals surface area contributed by atoms with Crippen LogP contribution in [0, 0.1) is 11.8 Å². The van der Waals surface area contributed by atoms with Gasteiger partial charge in [-0.05, 0) is 69.0 Å². The van der Waals surface area contributed by atoms with Gasteiger partial charge in [0.2, 0.25) is 5.91 Å². The molecule has 2 aliphatic carbocycles. The van der Waals surface area contributed by atoms with Crippen molar-refractivity contribution in [2.45, 2.75) is 110 Å². The Morgan fingerprint density at radius 1 is 1.06 bits per heavy atom. The van der Waals surface area contributed by atoms with Crippen LogP contribution in [0.5, 0.6) is 0 Å². The minimum absolute atomic E-state index is 0.00641. The number of nitrogens with one attached hydrogen (secondary N) is 1. The van der Waals surface area contributed by atoms with Gasteiger partial charge in [0.25, 0.3) is 0 Å². The van der Waals surface area contributed by atoms with Crippen molar-refractivity contribution in [1.29, 1.82) is 0 Å². The minimum atomic E-state index is -0.917. The van der Waals surface area contributed by atoms with E-state index in [-0.39, 0.29) is 18.5 Å². The smallest absolute Gasteiger partial charge is 0.322 e. The van der Waals surface area contributed by atoms with Crippen LogP contribution in [0.1, 0.15) is 91.9 Å². The third-order valence-corrected chi connectivity index (χ3v) is 8.34. The quantitative estimate of drug-likeness (QED) is 0.350. The highest BCUT2D eigenvalue weighted by Crippen LogP contribution is 2.42. The predicted octanol–water partition coefficient (Wildman–Crippen LogP) is 6.16. The minimum Gasteiger partial charge on any atom is -0.480 e. The molecule has 1 aromatic carbocycles. The second-order valence-corrected chi connectivity index (χ2v) is 10.7. The lowest BCUT2D eigenvalue weighted by Crippen LogP contribution is -2.50. The molecule has 2 N–H and O–H groups in total. The Bertz CT molecular complexity index is 817. The second kappa shape index (κ2) is 13.3. The number of fused-ring (bicyclic) bond motifs is 2. The molecule has 0 aliphatic heterocycles. The SMILES string of the molecule is CCC[C@H](C[C@@H](CC)N(C(C)=O)c1ccccc1NCC(=O)O)N(CC)C1C[C@H]2CCC[C@@H](C1)C2. The summed E-state index contributed by atoms with van der Waals surface area (Å²) >= 11 is 0. The summed E-state index contributed by atoms with van der Waals surface area (Å²) < 4.78 is 0. The van der Waals surface area contributed by atoms with E-state index in [4.69, 9.17) is 5.11 Å². The summed E-state index contributed by atoms with van der Waals surface area (Å²) in [6, 6.07) is 8.77. The number of aliphatic carboxylic acids is 1. The van der Waals surface area contributed by atoms with E-state index in [1.165, 1.54) is 38.5 Å². The van der Waals surface area contributed by atoms with Gasteiger partial charge in [-0.15, -0.1) is 0 Å². The summed E-state index contributed by atoms with van der Waals surface area (Å²) in [7, 11) is 0. The number of nitrogens with zero attached hydrogens (tertiary/aromatic N) is 2. The van der Waals surface area contributed by atoms with Crippen molar-refractivity contribution in [3.8, 4) is 0 Å². The summed E-state index contributed by atoms with van der Waals surface area (Å²) in [6.45, 7) is 9.25. The van der Waals surface area contributed by atoms with E-state index in [9.17, 15) is 9.59 Å². The first kappa shape index (κ1) is 27.5. The lowest BCUT2D eigenvalue weighted by molar-refractivity contribution is -0.134. The zero-order valence-electron chi connectivity index (χ0n) is 22.3. The maximum atomic E-state index is 13.0. The predicted molar refractivity (Wildman–Crippen MR) is 144 cm³/mol. The highest BCUT2D eigenvalue weighted by molar-refractivity contribution is 5.96. The van der Waals surface area contributed by atoms with Crippen molar-refractivity contribution < 1.29 is 14.7 Å². The fraction of sp³-hybridized carbons (Fsp3) is 0.724. The Labute approximate surface area is 212 Å². The van der Waals surface area contributed by atoms with Crippen molar-refractivity contribution in [3.05, 3.63) is 24.3 Å². The van der Waals surface area contributed by atoms with E-state index >= 15 is 0 Å². The van der Waals surface area contributed by atoms with Crippen molar-refractivity contribution in [2.75, 3.05) is 23.3 Å². The molecule has 1 unspecified atom stereocenters. The van der Waals surface area contributed by atoms with Gasteiger partial charge in [-0.2, -0.15) is 0 Å². The lowest BCUT2D eigenvalue weighted by atomic mass is 9.69. The molecule has 0 aromatic heterocycles. The van der Waals surface area contributed by atoms with Crippen LogP contribution in [0.25, 0.3) is 0 Å². The largest absolute Gasteiger partial charge is 0.480 e. The number of hydrogen-bond donors (Lipinski definition) is 2. The number of hydrogen-bond acceptors (Lipinski definition) is 4. The maximum Gasteiger partial charge on any atom is 0.322 e. The molecular formula is C29H47N3O3. The van der Waals surface area contributed by atoms with Gasteiger partial charge in [0, 0.05) is 25.0 Å². The molecule has 1 aromatic rings. The molecule has 2 bridgehead atoms. The summed E-state index contributed by atoms with van der Waals surface area (Å²) in [5, 5.41) is 12.2. The van der Waals surface area contributed by atoms with Crippen LogP contribution < -0.4 is 10.2 Å². The van der Waals surface area contributed by atoms with Crippen molar-refractivity contribution in [1.82, 2.24) is 4.90 Å². The molecule has 5 atom stereocenters. The van der Waals surface area contributed by atoms with E-state index in [2.05, 4.69) is 31.0 Å². The zero-order valence-corrected chi connectivity index (χ0v) is 22.3. The molecule has 1 amide bonds. The van der Waals surface area contributed by atoms with Crippen LogP contribution >= 0.6 is 0 Å². The summed E-state index contributed by atoms with van der Waals surface area (Å²) in [5.41, 5.74) is 1.47. The first-order chi connectivity index (χ1) is 16.9. The highest BCUT2D eigenvalue weighted by Gasteiger charge is 2.37. The Balaban J connectivity index is 1.84. The number of amides is 1. The van der Waals surface area contributed by atoms with E-state index < -0.39 is 5.97 Å². The maximum absolute atomic E-state index is 13.0. The molecule has 3 rings (SSSR count). The molecule has 0 saturated heterocycles. The van der Waals surface area contributed by atoms with Crippen LogP contribution in [0.2, 0.25) is 0 Å². The van der Waals surface area contributed by atoms with Gasteiger partial charge in [-0.1, -0.05) is 58.6 Å². The topological polar surface area (TPSA) is 72.9 Å². The molecular weight excluding hydrogens is 438 g/mol. The van der Waals surface area contributed by atoms with Crippen LogP contribution in [-0.4, -0.2) is 53.1 Å². The van der Waals surface area contributed by atoms with Gasteiger partial charge in [0.05, 0.1) is 11.4 Å². The van der Waals surface area contributed by atoms with E-state index in [0.717, 1.165) is 49.8 Å². The van der Waals surface area contributed by atoms with Crippen LogP contribution in [-0.2, 0) is 9.59 Å². The highest BCUT2D eigenvalue weighted by atomic mass is 16.4. The molecule has 0 spiro atoms.